The molecule has 1 amide bonds. The molecule has 0 atom stereocenters. The fraction of sp³-hybridized carbons (Fsp3) is 0.267. The van der Waals surface area contributed by atoms with Crippen molar-refractivity contribution < 1.29 is 9.53 Å². The molecule has 0 saturated heterocycles. The smallest absolute Gasteiger partial charge is 0.267 e. The fourth-order valence-corrected chi connectivity index (χ4v) is 3.42. The summed E-state index contributed by atoms with van der Waals surface area (Å²) in [6, 6.07) is 3.79. The van der Waals surface area contributed by atoms with Crippen LogP contribution in [0.3, 0.4) is 0 Å². The van der Waals surface area contributed by atoms with Crippen LogP contribution in [0.4, 0.5) is 0 Å². The van der Waals surface area contributed by atoms with Gasteiger partial charge in [-0.3, -0.25) is 4.79 Å². The number of amides is 1. The highest BCUT2D eigenvalue weighted by Gasteiger charge is 2.18. The summed E-state index contributed by atoms with van der Waals surface area (Å²) in [6.07, 6.45) is 0. The van der Waals surface area contributed by atoms with Crippen LogP contribution < -0.4 is 10.5 Å². The van der Waals surface area contributed by atoms with Crippen LogP contribution in [0.1, 0.15) is 20.1 Å². The molecule has 4 nitrogen and oxygen atoms in total. The Labute approximate surface area is 132 Å². The summed E-state index contributed by atoms with van der Waals surface area (Å²) in [6.45, 7) is 0.893. The molecule has 2 rings (SSSR count). The fourth-order valence-electron chi connectivity index (χ4n) is 1.80. The molecule has 0 radical (unpaired) electrons. The Morgan fingerprint density at radius 2 is 2.29 bits per heavy atom. The van der Waals surface area contributed by atoms with Crippen LogP contribution >= 0.6 is 22.7 Å². The van der Waals surface area contributed by atoms with Crippen molar-refractivity contribution >= 4 is 28.6 Å². The molecule has 2 aromatic heterocycles. The lowest BCUT2D eigenvalue weighted by Crippen LogP contribution is -2.25. The maximum atomic E-state index is 12.4. The highest BCUT2D eigenvalue weighted by Crippen LogP contribution is 2.26. The van der Waals surface area contributed by atoms with E-state index in [4.69, 9.17) is 10.5 Å². The molecule has 0 bridgehead atoms. The van der Waals surface area contributed by atoms with E-state index >= 15 is 0 Å². The van der Waals surface area contributed by atoms with Gasteiger partial charge in [-0.1, -0.05) is 11.8 Å². The van der Waals surface area contributed by atoms with E-state index in [1.54, 1.807) is 36.5 Å². The Balaban J connectivity index is 2.05. The monoisotopic (exact) mass is 320 g/mol. The van der Waals surface area contributed by atoms with E-state index in [0.29, 0.717) is 23.7 Å². The molecule has 2 aromatic rings. The minimum Gasteiger partial charge on any atom is -0.495 e. The molecule has 6 heteroatoms. The number of ether oxygens (including phenoxy) is 1. The number of nitrogens with zero attached hydrogens (tertiary/aromatic N) is 1. The van der Waals surface area contributed by atoms with Crippen molar-refractivity contribution in [1.82, 2.24) is 4.90 Å². The number of hydrogen-bond donors (Lipinski definition) is 1. The van der Waals surface area contributed by atoms with Crippen molar-refractivity contribution in [2.45, 2.75) is 6.54 Å². The molecular formula is C15H16N2O2S2. The molecule has 0 aliphatic heterocycles. The highest BCUT2D eigenvalue weighted by molar-refractivity contribution is 7.12. The lowest BCUT2D eigenvalue weighted by atomic mass is 10.2. The van der Waals surface area contributed by atoms with Gasteiger partial charge in [-0.05, 0) is 28.5 Å². The SMILES string of the molecule is COc1ccsc1C(=O)N(C)Cc1csc(C#CCN)c1. The van der Waals surface area contributed by atoms with Crippen molar-refractivity contribution in [2.75, 3.05) is 20.7 Å². The van der Waals surface area contributed by atoms with Crippen molar-refractivity contribution in [3.05, 3.63) is 38.2 Å². The summed E-state index contributed by atoms with van der Waals surface area (Å²) in [5.74, 6) is 6.40. The third-order valence-electron chi connectivity index (χ3n) is 2.78. The van der Waals surface area contributed by atoms with Gasteiger partial charge < -0.3 is 15.4 Å². The first-order chi connectivity index (χ1) is 10.2. The predicted molar refractivity (Wildman–Crippen MR) is 86.9 cm³/mol. The predicted octanol–water partition coefficient (Wildman–Crippen LogP) is 2.40. The molecule has 0 spiro atoms. The minimum absolute atomic E-state index is 0.0392. The average Bonchev–Trinajstić information content (AvgIpc) is 3.12. The molecule has 0 fully saturated rings. The lowest BCUT2D eigenvalue weighted by Gasteiger charge is -2.16. The highest BCUT2D eigenvalue weighted by atomic mass is 32.1. The Bertz CT molecular complexity index is 679. The van der Waals surface area contributed by atoms with Gasteiger partial charge in [-0.25, -0.2) is 0 Å². The van der Waals surface area contributed by atoms with Gasteiger partial charge >= 0.3 is 0 Å². The standard InChI is InChI=1S/C15H16N2O2S2/c1-17(15(18)14-13(19-2)5-7-20-14)9-11-8-12(21-10-11)4-3-6-16/h5,7-8,10H,6,9,16H2,1-2H3. The molecule has 2 N–H and O–H groups in total. The minimum atomic E-state index is -0.0392. The Morgan fingerprint density at radius 3 is 3.00 bits per heavy atom. The summed E-state index contributed by atoms with van der Waals surface area (Å²) in [4.78, 5) is 15.6. The Hall–Kier alpha value is -1.81. The van der Waals surface area contributed by atoms with E-state index in [2.05, 4.69) is 11.8 Å². The normalized spacial score (nSPS) is 9.86. The second kappa shape index (κ2) is 7.27. The van der Waals surface area contributed by atoms with E-state index in [1.807, 2.05) is 16.8 Å². The number of hydrogen-bond acceptors (Lipinski definition) is 5. The number of carbonyl (C=O) groups excluding carboxylic acids is 1. The van der Waals surface area contributed by atoms with Crippen LogP contribution in [0.5, 0.6) is 5.75 Å². The van der Waals surface area contributed by atoms with Crippen LogP contribution in [-0.4, -0.2) is 31.5 Å². The number of carbonyl (C=O) groups is 1. The van der Waals surface area contributed by atoms with Crippen molar-refractivity contribution in [2.24, 2.45) is 5.73 Å². The number of rotatable bonds is 4. The molecule has 0 aliphatic rings. The molecule has 0 aromatic carbocycles. The van der Waals surface area contributed by atoms with Crippen LogP contribution in [0.15, 0.2) is 22.9 Å². The largest absolute Gasteiger partial charge is 0.495 e. The van der Waals surface area contributed by atoms with Gasteiger partial charge in [0.25, 0.3) is 5.91 Å². The zero-order chi connectivity index (χ0) is 15.2. The average molecular weight is 320 g/mol. The maximum absolute atomic E-state index is 12.4. The van der Waals surface area contributed by atoms with Gasteiger partial charge in [0.15, 0.2) is 0 Å². The zero-order valence-corrected chi connectivity index (χ0v) is 13.5. The number of nitrogens with two attached hydrogens (primary N) is 1. The first-order valence-electron chi connectivity index (χ1n) is 6.29. The number of methoxy groups -OCH3 is 1. The quantitative estimate of drug-likeness (QED) is 0.880. The molecule has 2 heterocycles. The summed E-state index contributed by atoms with van der Waals surface area (Å²) < 4.78 is 5.19. The molecule has 0 aliphatic carbocycles. The zero-order valence-electron chi connectivity index (χ0n) is 11.9. The number of thiophene rings is 2. The molecule has 0 unspecified atom stereocenters. The van der Waals surface area contributed by atoms with Gasteiger partial charge in [0.05, 0.1) is 18.5 Å². The first kappa shape index (κ1) is 15.6. The molecule has 21 heavy (non-hydrogen) atoms. The molecular weight excluding hydrogens is 304 g/mol. The van der Waals surface area contributed by atoms with E-state index in [-0.39, 0.29) is 5.91 Å². The maximum Gasteiger partial charge on any atom is 0.267 e. The van der Waals surface area contributed by atoms with Crippen molar-refractivity contribution in [1.29, 1.82) is 0 Å². The van der Waals surface area contributed by atoms with Crippen LogP contribution in [0.25, 0.3) is 0 Å². The summed E-state index contributed by atoms with van der Waals surface area (Å²) in [5.41, 5.74) is 6.42. The second-order valence-electron chi connectivity index (χ2n) is 4.30. The third-order valence-corrected chi connectivity index (χ3v) is 4.56. The van der Waals surface area contributed by atoms with E-state index < -0.39 is 0 Å². The summed E-state index contributed by atoms with van der Waals surface area (Å²) in [5, 5.41) is 3.86. The lowest BCUT2D eigenvalue weighted by molar-refractivity contribution is 0.0787. The van der Waals surface area contributed by atoms with Crippen LogP contribution in [0, 0.1) is 11.8 Å². The van der Waals surface area contributed by atoms with Crippen molar-refractivity contribution in [3.63, 3.8) is 0 Å². The molecule has 0 saturated carbocycles. The second-order valence-corrected chi connectivity index (χ2v) is 6.13. The summed E-state index contributed by atoms with van der Waals surface area (Å²) >= 11 is 2.95. The van der Waals surface area contributed by atoms with E-state index in [1.165, 1.54) is 11.3 Å². The summed E-state index contributed by atoms with van der Waals surface area (Å²) in [7, 11) is 3.35. The van der Waals surface area contributed by atoms with Crippen molar-refractivity contribution in [3.8, 4) is 17.6 Å². The molecule has 110 valence electrons. The van der Waals surface area contributed by atoms with Gasteiger partial charge in [-0.15, -0.1) is 22.7 Å². The van der Waals surface area contributed by atoms with Gasteiger partial charge in [0.1, 0.15) is 10.6 Å². The first-order valence-corrected chi connectivity index (χ1v) is 8.05. The van der Waals surface area contributed by atoms with E-state index in [9.17, 15) is 4.79 Å². The Morgan fingerprint density at radius 1 is 1.48 bits per heavy atom. The van der Waals surface area contributed by atoms with E-state index in [0.717, 1.165) is 10.4 Å². The van der Waals surface area contributed by atoms with Crippen LogP contribution in [-0.2, 0) is 6.54 Å². The topological polar surface area (TPSA) is 55.6 Å². The van der Waals surface area contributed by atoms with Gasteiger partial charge in [0, 0.05) is 13.6 Å². The van der Waals surface area contributed by atoms with Crippen LogP contribution in [0.2, 0.25) is 0 Å². The van der Waals surface area contributed by atoms with Gasteiger partial charge in [0.2, 0.25) is 0 Å². The Kier molecular flexibility index (Phi) is 5.39. The van der Waals surface area contributed by atoms with Gasteiger partial charge in [-0.2, -0.15) is 0 Å². The third kappa shape index (κ3) is 3.85.